The van der Waals surface area contributed by atoms with Crippen LogP contribution in [0.4, 0.5) is 5.69 Å². The lowest BCUT2D eigenvalue weighted by Crippen LogP contribution is -2.07. The molecule has 1 unspecified atom stereocenters. The predicted molar refractivity (Wildman–Crippen MR) is 86.9 cm³/mol. The minimum atomic E-state index is -0.501. The molecule has 0 N–H and O–H groups in total. The number of nitrogens with zero attached hydrogens (tertiary/aromatic N) is 2. The maximum absolute atomic E-state index is 11.1. The van der Waals surface area contributed by atoms with E-state index in [1.165, 1.54) is 18.3 Å². The zero-order valence-corrected chi connectivity index (χ0v) is 13.3. The molecule has 2 rings (SSSR count). The maximum atomic E-state index is 11.1. The van der Waals surface area contributed by atoms with Crippen molar-refractivity contribution in [1.29, 1.82) is 0 Å². The summed E-state index contributed by atoms with van der Waals surface area (Å²) in [5.41, 5.74) is 0.778. The number of hydrogen-bond donors (Lipinski definition) is 0. The fourth-order valence-corrected chi connectivity index (χ4v) is 2.18. The first-order valence-electron chi connectivity index (χ1n) is 7.57. The lowest BCUT2D eigenvalue weighted by atomic mass is 10.0. The van der Waals surface area contributed by atoms with E-state index >= 15 is 0 Å². The van der Waals surface area contributed by atoms with Gasteiger partial charge in [-0.25, -0.2) is 4.98 Å². The molecular formula is C17H20N2O4. The van der Waals surface area contributed by atoms with Crippen molar-refractivity contribution in [2.75, 3.05) is 13.2 Å². The second-order valence-corrected chi connectivity index (χ2v) is 5.20. The summed E-state index contributed by atoms with van der Waals surface area (Å²) in [4.78, 5) is 14.5. The fourth-order valence-electron chi connectivity index (χ4n) is 2.18. The van der Waals surface area contributed by atoms with Crippen LogP contribution in [-0.4, -0.2) is 23.1 Å². The second kappa shape index (κ2) is 8.24. The van der Waals surface area contributed by atoms with E-state index in [0.29, 0.717) is 19.0 Å². The van der Waals surface area contributed by atoms with Crippen LogP contribution in [0.5, 0.6) is 11.6 Å². The standard InChI is InChI=1S/C17H20N2O4/c1-3-11-22-12-13(2)14-7-4-5-9-16(14)23-17-15(19(20)21)8-6-10-18-17/h4-10,13H,3,11-12H2,1-2H3. The lowest BCUT2D eigenvalue weighted by molar-refractivity contribution is -0.386. The van der Waals surface area contributed by atoms with Crippen molar-refractivity contribution in [3.05, 3.63) is 58.3 Å². The van der Waals surface area contributed by atoms with Gasteiger partial charge in [-0.2, -0.15) is 0 Å². The average Bonchev–Trinajstić information content (AvgIpc) is 2.56. The van der Waals surface area contributed by atoms with Gasteiger partial charge >= 0.3 is 5.69 Å². The molecule has 1 aromatic heterocycles. The molecule has 1 atom stereocenters. The van der Waals surface area contributed by atoms with E-state index in [-0.39, 0.29) is 17.5 Å². The summed E-state index contributed by atoms with van der Waals surface area (Å²) in [5.74, 6) is 0.661. The summed E-state index contributed by atoms with van der Waals surface area (Å²) in [6.07, 6.45) is 2.43. The van der Waals surface area contributed by atoms with Gasteiger partial charge in [-0.15, -0.1) is 0 Å². The molecule has 0 aliphatic carbocycles. The molecular weight excluding hydrogens is 296 g/mol. The van der Waals surface area contributed by atoms with Crippen LogP contribution in [0.15, 0.2) is 42.6 Å². The SMILES string of the molecule is CCCOCC(C)c1ccccc1Oc1ncccc1[N+](=O)[O-]. The van der Waals surface area contributed by atoms with Crippen LogP contribution in [0.1, 0.15) is 31.7 Å². The van der Waals surface area contributed by atoms with Crippen molar-refractivity contribution in [2.24, 2.45) is 0 Å². The van der Waals surface area contributed by atoms with Crippen LogP contribution < -0.4 is 4.74 Å². The zero-order valence-electron chi connectivity index (χ0n) is 13.3. The molecule has 0 fully saturated rings. The quantitative estimate of drug-likeness (QED) is 0.412. The monoisotopic (exact) mass is 316 g/mol. The minimum Gasteiger partial charge on any atom is -0.433 e. The Kier molecular flexibility index (Phi) is 6.05. The molecule has 1 heterocycles. The molecule has 0 radical (unpaired) electrons. The van der Waals surface area contributed by atoms with Crippen molar-refractivity contribution in [2.45, 2.75) is 26.2 Å². The topological polar surface area (TPSA) is 74.5 Å². The highest BCUT2D eigenvalue weighted by Gasteiger charge is 2.19. The van der Waals surface area contributed by atoms with Crippen molar-refractivity contribution in [3.63, 3.8) is 0 Å². The third-order valence-corrected chi connectivity index (χ3v) is 3.32. The number of aromatic nitrogens is 1. The summed E-state index contributed by atoms with van der Waals surface area (Å²) >= 11 is 0. The average molecular weight is 316 g/mol. The molecule has 6 heteroatoms. The van der Waals surface area contributed by atoms with Crippen molar-refractivity contribution in [3.8, 4) is 11.6 Å². The highest BCUT2D eigenvalue weighted by atomic mass is 16.6. The molecule has 6 nitrogen and oxygen atoms in total. The Bertz CT molecular complexity index is 661. The molecule has 23 heavy (non-hydrogen) atoms. The highest BCUT2D eigenvalue weighted by molar-refractivity contribution is 5.45. The lowest BCUT2D eigenvalue weighted by Gasteiger charge is -2.16. The minimum absolute atomic E-state index is 0.00775. The van der Waals surface area contributed by atoms with Crippen LogP contribution in [0.2, 0.25) is 0 Å². The first-order valence-corrected chi connectivity index (χ1v) is 7.57. The van der Waals surface area contributed by atoms with Gasteiger partial charge in [0.1, 0.15) is 5.75 Å². The van der Waals surface area contributed by atoms with Crippen molar-refractivity contribution >= 4 is 5.69 Å². The third-order valence-electron chi connectivity index (χ3n) is 3.32. The van der Waals surface area contributed by atoms with E-state index in [1.807, 2.05) is 25.1 Å². The van der Waals surface area contributed by atoms with Crippen LogP contribution >= 0.6 is 0 Å². The van der Waals surface area contributed by atoms with Gasteiger partial charge in [0, 0.05) is 24.8 Å². The molecule has 0 bridgehead atoms. The number of para-hydroxylation sites is 1. The molecule has 0 aliphatic rings. The fraction of sp³-hybridized carbons (Fsp3) is 0.353. The normalized spacial score (nSPS) is 11.9. The van der Waals surface area contributed by atoms with E-state index in [1.54, 1.807) is 6.07 Å². The largest absolute Gasteiger partial charge is 0.433 e. The smallest absolute Gasteiger partial charge is 0.331 e. The molecule has 0 spiro atoms. The van der Waals surface area contributed by atoms with Gasteiger partial charge in [0.2, 0.25) is 0 Å². The van der Waals surface area contributed by atoms with Gasteiger partial charge in [-0.05, 0) is 24.1 Å². The summed E-state index contributed by atoms with van der Waals surface area (Å²) in [7, 11) is 0. The Hall–Kier alpha value is -2.47. The Labute approximate surface area is 135 Å². The summed E-state index contributed by atoms with van der Waals surface area (Å²) in [5, 5.41) is 11.1. The number of benzene rings is 1. The highest BCUT2D eigenvalue weighted by Crippen LogP contribution is 2.33. The van der Waals surface area contributed by atoms with Crippen LogP contribution in [-0.2, 0) is 4.74 Å². The maximum Gasteiger partial charge on any atom is 0.331 e. The van der Waals surface area contributed by atoms with Gasteiger partial charge in [0.25, 0.3) is 5.88 Å². The summed E-state index contributed by atoms with van der Waals surface area (Å²) in [6, 6.07) is 10.3. The Balaban J connectivity index is 2.22. The molecule has 0 amide bonds. The summed E-state index contributed by atoms with van der Waals surface area (Å²) in [6.45, 7) is 5.37. The zero-order chi connectivity index (χ0) is 16.7. The molecule has 1 aromatic carbocycles. The van der Waals surface area contributed by atoms with Gasteiger partial charge in [-0.3, -0.25) is 10.1 Å². The molecule has 0 aliphatic heterocycles. The van der Waals surface area contributed by atoms with Crippen molar-refractivity contribution in [1.82, 2.24) is 4.98 Å². The Morgan fingerprint density at radius 1 is 1.26 bits per heavy atom. The number of ether oxygens (including phenoxy) is 2. The van der Waals surface area contributed by atoms with E-state index in [9.17, 15) is 10.1 Å². The van der Waals surface area contributed by atoms with Gasteiger partial charge in [0.15, 0.2) is 0 Å². The number of nitro groups is 1. The molecule has 122 valence electrons. The molecule has 0 saturated heterocycles. The van der Waals surface area contributed by atoms with E-state index in [4.69, 9.17) is 9.47 Å². The first kappa shape index (κ1) is 16.9. The predicted octanol–water partition coefficient (Wildman–Crippen LogP) is 4.31. The Morgan fingerprint density at radius 3 is 2.78 bits per heavy atom. The number of rotatable bonds is 8. The van der Waals surface area contributed by atoms with E-state index in [2.05, 4.69) is 11.9 Å². The van der Waals surface area contributed by atoms with Gasteiger partial charge in [0.05, 0.1) is 11.5 Å². The van der Waals surface area contributed by atoms with Crippen LogP contribution in [0, 0.1) is 10.1 Å². The third kappa shape index (κ3) is 4.50. The number of hydrogen-bond acceptors (Lipinski definition) is 5. The van der Waals surface area contributed by atoms with Crippen LogP contribution in [0.25, 0.3) is 0 Å². The van der Waals surface area contributed by atoms with E-state index in [0.717, 1.165) is 12.0 Å². The van der Waals surface area contributed by atoms with Crippen molar-refractivity contribution < 1.29 is 14.4 Å². The summed E-state index contributed by atoms with van der Waals surface area (Å²) < 4.78 is 11.3. The van der Waals surface area contributed by atoms with Gasteiger partial charge in [-0.1, -0.05) is 32.0 Å². The Morgan fingerprint density at radius 2 is 2.04 bits per heavy atom. The molecule has 2 aromatic rings. The van der Waals surface area contributed by atoms with Crippen LogP contribution in [0.3, 0.4) is 0 Å². The second-order valence-electron chi connectivity index (χ2n) is 5.20. The van der Waals surface area contributed by atoms with E-state index < -0.39 is 4.92 Å². The van der Waals surface area contributed by atoms with Gasteiger partial charge < -0.3 is 9.47 Å². The molecule has 0 saturated carbocycles. The number of pyridine rings is 1. The first-order chi connectivity index (χ1) is 11.1.